The van der Waals surface area contributed by atoms with Gasteiger partial charge in [0.2, 0.25) is 0 Å². The Labute approximate surface area is 102 Å². The average molecular weight is 238 g/mol. The van der Waals surface area contributed by atoms with E-state index < -0.39 is 0 Å². The molecule has 5 nitrogen and oxygen atoms in total. The standard InChI is InChI=1S/C12H22N4O/c1-12(2,7-4-8-17)9-14-10-5-3-6-11(15-10)16-13/h3,5-6,17H,4,7-9,13H2,1-2H3,(H2,14,15,16). The van der Waals surface area contributed by atoms with Gasteiger partial charge in [-0.05, 0) is 30.4 Å². The Morgan fingerprint density at radius 1 is 1.35 bits per heavy atom. The minimum atomic E-state index is 0.135. The summed E-state index contributed by atoms with van der Waals surface area (Å²) in [6.45, 7) is 5.39. The zero-order valence-electron chi connectivity index (χ0n) is 10.5. The van der Waals surface area contributed by atoms with E-state index in [0.717, 1.165) is 25.2 Å². The quantitative estimate of drug-likeness (QED) is 0.428. The molecule has 5 heteroatoms. The summed E-state index contributed by atoms with van der Waals surface area (Å²) in [4.78, 5) is 4.28. The Kier molecular flexibility index (Phi) is 5.18. The monoisotopic (exact) mass is 238 g/mol. The van der Waals surface area contributed by atoms with E-state index in [1.54, 1.807) is 0 Å². The van der Waals surface area contributed by atoms with Gasteiger partial charge >= 0.3 is 0 Å². The predicted octanol–water partition coefficient (Wildman–Crippen LogP) is 1.58. The second-order valence-electron chi connectivity index (χ2n) is 4.90. The van der Waals surface area contributed by atoms with Crippen LogP contribution in [-0.2, 0) is 0 Å². The predicted molar refractivity (Wildman–Crippen MR) is 70.6 cm³/mol. The van der Waals surface area contributed by atoms with Gasteiger partial charge in [0, 0.05) is 13.2 Å². The highest BCUT2D eigenvalue weighted by atomic mass is 16.2. The van der Waals surface area contributed by atoms with Crippen molar-refractivity contribution in [1.82, 2.24) is 4.98 Å². The molecule has 5 N–H and O–H groups in total. The third kappa shape index (κ3) is 5.01. The van der Waals surface area contributed by atoms with Gasteiger partial charge < -0.3 is 15.8 Å². The van der Waals surface area contributed by atoms with E-state index in [0.29, 0.717) is 5.82 Å². The van der Waals surface area contributed by atoms with Crippen molar-refractivity contribution in [2.24, 2.45) is 11.3 Å². The summed E-state index contributed by atoms with van der Waals surface area (Å²) in [5.41, 5.74) is 2.65. The number of nitrogens with one attached hydrogen (secondary N) is 2. The second-order valence-corrected chi connectivity index (χ2v) is 4.90. The molecule has 0 atom stereocenters. The summed E-state index contributed by atoms with van der Waals surface area (Å²) in [5, 5.41) is 12.1. The average Bonchev–Trinajstić information content (AvgIpc) is 2.34. The van der Waals surface area contributed by atoms with Crippen LogP contribution in [0.2, 0.25) is 0 Å². The molecule has 1 heterocycles. The lowest BCUT2D eigenvalue weighted by atomic mass is 9.88. The Hall–Kier alpha value is -1.33. The smallest absolute Gasteiger partial charge is 0.142 e. The van der Waals surface area contributed by atoms with Crippen LogP contribution >= 0.6 is 0 Å². The number of hydrazine groups is 1. The number of anilines is 2. The Morgan fingerprint density at radius 2 is 2.06 bits per heavy atom. The largest absolute Gasteiger partial charge is 0.396 e. The second kappa shape index (κ2) is 6.42. The van der Waals surface area contributed by atoms with Crippen LogP contribution in [0.5, 0.6) is 0 Å². The van der Waals surface area contributed by atoms with Crippen LogP contribution in [-0.4, -0.2) is 23.2 Å². The van der Waals surface area contributed by atoms with Gasteiger partial charge in [-0.1, -0.05) is 19.9 Å². The molecule has 0 saturated carbocycles. The normalized spacial score (nSPS) is 11.3. The van der Waals surface area contributed by atoms with E-state index in [9.17, 15) is 0 Å². The Balaban J connectivity index is 2.48. The van der Waals surface area contributed by atoms with E-state index in [1.807, 2.05) is 18.2 Å². The van der Waals surface area contributed by atoms with Crippen LogP contribution < -0.4 is 16.6 Å². The molecule has 0 fully saturated rings. The van der Waals surface area contributed by atoms with Crippen LogP contribution in [0.1, 0.15) is 26.7 Å². The van der Waals surface area contributed by atoms with Crippen molar-refractivity contribution in [3.63, 3.8) is 0 Å². The summed E-state index contributed by atoms with van der Waals surface area (Å²) in [6, 6.07) is 5.61. The molecule has 0 spiro atoms. The fourth-order valence-electron chi connectivity index (χ4n) is 1.59. The fraction of sp³-hybridized carbons (Fsp3) is 0.583. The number of aliphatic hydroxyl groups excluding tert-OH is 1. The Morgan fingerprint density at radius 3 is 2.71 bits per heavy atom. The maximum absolute atomic E-state index is 8.83. The van der Waals surface area contributed by atoms with Crippen molar-refractivity contribution in [3.05, 3.63) is 18.2 Å². The van der Waals surface area contributed by atoms with Crippen molar-refractivity contribution in [2.75, 3.05) is 23.9 Å². The zero-order valence-corrected chi connectivity index (χ0v) is 10.5. The van der Waals surface area contributed by atoms with Gasteiger partial charge in [0.1, 0.15) is 11.6 Å². The number of hydrogen-bond donors (Lipinski definition) is 4. The van der Waals surface area contributed by atoms with E-state index in [2.05, 4.69) is 29.6 Å². The molecule has 0 radical (unpaired) electrons. The molecular weight excluding hydrogens is 216 g/mol. The van der Waals surface area contributed by atoms with E-state index in [-0.39, 0.29) is 12.0 Å². The van der Waals surface area contributed by atoms with E-state index in [1.165, 1.54) is 0 Å². The summed E-state index contributed by atoms with van der Waals surface area (Å²) >= 11 is 0. The molecule has 0 saturated heterocycles. The van der Waals surface area contributed by atoms with Gasteiger partial charge in [-0.2, -0.15) is 0 Å². The molecule has 0 amide bonds. The molecule has 96 valence electrons. The summed E-state index contributed by atoms with van der Waals surface area (Å²) in [7, 11) is 0. The molecule has 1 aromatic heterocycles. The first-order valence-electron chi connectivity index (χ1n) is 5.86. The molecule has 0 aliphatic rings. The first kappa shape index (κ1) is 13.7. The maximum atomic E-state index is 8.83. The molecule has 1 aromatic rings. The third-order valence-electron chi connectivity index (χ3n) is 2.66. The van der Waals surface area contributed by atoms with Crippen LogP contribution in [0.25, 0.3) is 0 Å². The number of nitrogen functional groups attached to an aromatic ring is 1. The summed E-state index contributed by atoms with van der Waals surface area (Å²) in [5.74, 6) is 6.74. The highest BCUT2D eigenvalue weighted by molar-refractivity contribution is 5.44. The van der Waals surface area contributed by atoms with Crippen LogP contribution in [0, 0.1) is 5.41 Å². The maximum Gasteiger partial charge on any atom is 0.142 e. The van der Waals surface area contributed by atoms with Gasteiger partial charge in [-0.15, -0.1) is 0 Å². The highest BCUT2D eigenvalue weighted by Crippen LogP contribution is 2.22. The fourth-order valence-corrected chi connectivity index (χ4v) is 1.59. The number of nitrogens with two attached hydrogens (primary N) is 1. The molecule has 0 aliphatic heterocycles. The lowest BCUT2D eigenvalue weighted by molar-refractivity contribution is 0.248. The van der Waals surface area contributed by atoms with Crippen LogP contribution in [0.15, 0.2) is 18.2 Å². The van der Waals surface area contributed by atoms with Gasteiger partial charge in [0.05, 0.1) is 0 Å². The van der Waals surface area contributed by atoms with Crippen molar-refractivity contribution in [2.45, 2.75) is 26.7 Å². The molecule has 0 unspecified atom stereocenters. The first-order valence-corrected chi connectivity index (χ1v) is 5.86. The number of rotatable bonds is 7. The number of aromatic nitrogens is 1. The van der Waals surface area contributed by atoms with E-state index in [4.69, 9.17) is 10.9 Å². The van der Waals surface area contributed by atoms with Crippen molar-refractivity contribution in [1.29, 1.82) is 0 Å². The molecule has 17 heavy (non-hydrogen) atoms. The number of nitrogens with zero attached hydrogens (tertiary/aromatic N) is 1. The Bertz CT molecular complexity index is 341. The summed E-state index contributed by atoms with van der Waals surface area (Å²) < 4.78 is 0. The third-order valence-corrected chi connectivity index (χ3v) is 2.66. The number of hydrogen-bond acceptors (Lipinski definition) is 5. The lowest BCUT2D eigenvalue weighted by Gasteiger charge is -2.25. The minimum Gasteiger partial charge on any atom is -0.396 e. The molecule has 0 aliphatic carbocycles. The SMILES string of the molecule is CC(C)(CCCO)CNc1cccc(NN)n1. The lowest BCUT2D eigenvalue weighted by Crippen LogP contribution is -2.24. The number of aliphatic hydroxyl groups is 1. The van der Waals surface area contributed by atoms with Crippen molar-refractivity contribution in [3.8, 4) is 0 Å². The van der Waals surface area contributed by atoms with Crippen molar-refractivity contribution >= 4 is 11.6 Å². The van der Waals surface area contributed by atoms with Crippen LogP contribution in [0.4, 0.5) is 11.6 Å². The van der Waals surface area contributed by atoms with Gasteiger partial charge in [-0.25, -0.2) is 10.8 Å². The zero-order chi connectivity index (χ0) is 12.7. The molecular formula is C12H22N4O. The van der Waals surface area contributed by atoms with Gasteiger partial charge in [0.15, 0.2) is 0 Å². The highest BCUT2D eigenvalue weighted by Gasteiger charge is 2.17. The topological polar surface area (TPSA) is 83.2 Å². The van der Waals surface area contributed by atoms with E-state index >= 15 is 0 Å². The van der Waals surface area contributed by atoms with Crippen LogP contribution in [0.3, 0.4) is 0 Å². The molecule has 0 aromatic carbocycles. The summed E-state index contributed by atoms with van der Waals surface area (Å²) in [6.07, 6.45) is 1.80. The first-order chi connectivity index (χ1) is 8.07. The number of pyridine rings is 1. The molecule has 1 rings (SSSR count). The van der Waals surface area contributed by atoms with Gasteiger partial charge in [-0.3, -0.25) is 0 Å². The minimum absolute atomic E-state index is 0.135. The molecule has 0 bridgehead atoms. The van der Waals surface area contributed by atoms with Gasteiger partial charge in [0.25, 0.3) is 0 Å². The van der Waals surface area contributed by atoms with Crippen molar-refractivity contribution < 1.29 is 5.11 Å².